The van der Waals surface area contributed by atoms with Crippen LogP contribution in [0.4, 0.5) is 0 Å². The van der Waals surface area contributed by atoms with E-state index in [1.807, 2.05) is 13.8 Å². The zero-order valence-corrected chi connectivity index (χ0v) is 10.2. The van der Waals surface area contributed by atoms with Crippen LogP contribution in [0, 0.1) is 22.2 Å². The topological polar surface area (TPSA) is 78.9 Å². The van der Waals surface area contributed by atoms with E-state index in [2.05, 4.69) is 11.4 Å². The molecule has 0 spiro atoms. The van der Waals surface area contributed by atoms with Crippen molar-refractivity contribution in [3.8, 4) is 6.07 Å². The summed E-state index contributed by atoms with van der Waals surface area (Å²) >= 11 is 0. The van der Waals surface area contributed by atoms with Gasteiger partial charge in [0.2, 0.25) is 5.91 Å². The second kappa shape index (κ2) is 4.84. The molecule has 0 radical (unpaired) electrons. The van der Waals surface area contributed by atoms with Gasteiger partial charge in [-0.1, -0.05) is 6.42 Å². The van der Waals surface area contributed by atoms with Crippen LogP contribution in [-0.4, -0.2) is 19.0 Å². The molecule has 0 aliphatic heterocycles. The molecule has 1 amide bonds. The zero-order valence-electron chi connectivity index (χ0n) is 10.2. The average molecular weight is 223 g/mol. The summed E-state index contributed by atoms with van der Waals surface area (Å²) in [6, 6.07) is 2.16. The molecule has 0 aromatic carbocycles. The predicted octanol–water partition coefficient (Wildman–Crippen LogP) is 1.17. The molecule has 4 heteroatoms. The third-order valence-corrected chi connectivity index (χ3v) is 3.41. The first-order valence-electron chi connectivity index (χ1n) is 5.81. The molecule has 0 aromatic heterocycles. The number of nitrogens with two attached hydrogens (primary N) is 1. The molecular formula is C12H21N3O. The quantitative estimate of drug-likeness (QED) is 0.734. The van der Waals surface area contributed by atoms with Crippen LogP contribution in [0.25, 0.3) is 0 Å². The minimum absolute atomic E-state index is 0.0217. The van der Waals surface area contributed by atoms with Crippen molar-refractivity contribution in [3.05, 3.63) is 0 Å². The number of amides is 1. The van der Waals surface area contributed by atoms with E-state index >= 15 is 0 Å². The Balaban J connectivity index is 2.34. The smallest absolute Gasteiger partial charge is 0.220 e. The molecule has 4 nitrogen and oxygen atoms in total. The maximum absolute atomic E-state index is 11.7. The monoisotopic (exact) mass is 223 g/mol. The summed E-state index contributed by atoms with van der Waals surface area (Å²) in [5.41, 5.74) is 5.24. The van der Waals surface area contributed by atoms with Crippen molar-refractivity contribution in [1.82, 2.24) is 5.32 Å². The van der Waals surface area contributed by atoms with Gasteiger partial charge in [0.25, 0.3) is 0 Å². The zero-order chi connectivity index (χ0) is 12.2. The van der Waals surface area contributed by atoms with Crippen LogP contribution in [0.5, 0.6) is 0 Å². The first kappa shape index (κ1) is 13.0. The number of hydrogen-bond donors (Lipinski definition) is 2. The van der Waals surface area contributed by atoms with Crippen LogP contribution >= 0.6 is 0 Å². The Morgan fingerprint density at radius 2 is 2.19 bits per heavy atom. The molecule has 0 heterocycles. The van der Waals surface area contributed by atoms with Gasteiger partial charge >= 0.3 is 0 Å². The lowest BCUT2D eigenvalue weighted by molar-refractivity contribution is -0.125. The van der Waals surface area contributed by atoms with E-state index < -0.39 is 5.41 Å². The van der Waals surface area contributed by atoms with E-state index in [-0.39, 0.29) is 11.3 Å². The third kappa shape index (κ3) is 3.21. The third-order valence-electron chi connectivity index (χ3n) is 3.41. The van der Waals surface area contributed by atoms with E-state index in [0.29, 0.717) is 19.5 Å². The van der Waals surface area contributed by atoms with Crippen molar-refractivity contribution in [2.24, 2.45) is 16.6 Å². The Bertz CT molecular complexity index is 294. The first-order chi connectivity index (χ1) is 7.43. The Labute approximate surface area is 97.2 Å². The van der Waals surface area contributed by atoms with E-state index in [4.69, 9.17) is 11.0 Å². The van der Waals surface area contributed by atoms with Gasteiger partial charge in [-0.05, 0) is 38.6 Å². The van der Waals surface area contributed by atoms with Gasteiger partial charge in [-0.3, -0.25) is 4.79 Å². The Kier molecular flexibility index (Phi) is 3.93. The maximum Gasteiger partial charge on any atom is 0.220 e. The summed E-state index contributed by atoms with van der Waals surface area (Å²) in [6.07, 6.45) is 3.79. The fourth-order valence-electron chi connectivity index (χ4n) is 1.89. The largest absolute Gasteiger partial charge is 0.355 e. The second-order valence-corrected chi connectivity index (χ2v) is 5.51. The molecule has 90 valence electrons. The minimum atomic E-state index is -0.495. The number of rotatable bonds is 5. The molecule has 0 unspecified atom stereocenters. The van der Waals surface area contributed by atoms with Crippen molar-refractivity contribution in [2.45, 2.75) is 39.5 Å². The van der Waals surface area contributed by atoms with Crippen molar-refractivity contribution in [2.75, 3.05) is 13.1 Å². The van der Waals surface area contributed by atoms with Gasteiger partial charge in [0.05, 0.1) is 11.5 Å². The normalized spacial score (nSPS) is 18.4. The molecule has 1 rings (SSSR count). The lowest BCUT2D eigenvalue weighted by Gasteiger charge is -2.40. The summed E-state index contributed by atoms with van der Waals surface area (Å²) in [5, 5.41) is 11.6. The van der Waals surface area contributed by atoms with Gasteiger partial charge in [-0.25, -0.2) is 0 Å². The molecule has 0 aromatic rings. The highest BCUT2D eigenvalue weighted by atomic mass is 16.1. The molecule has 0 saturated heterocycles. The number of carbonyl (C=O) groups excluding carboxylic acids is 1. The Hall–Kier alpha value is -1.08. The summed E-state index contributed by atoms with van der Waals surface area (Å²) in [4.78, 5) is 11.7. The van der Waals surface area contributed by atoms with Crippen LogP contribution in [-0.2, 0) is 4.79 Å². The molecular weight excluding hydrogens is 202 g/mol. The summed E-state index contributed by atoms with van der Waals surface area (Å²) in [7, 11) is 0. The van der Waals surface area contributed by atoms with Gasteiger partial charge in [-0.15, -0.1) is 0 Å². The highest BCUT2D eigenvalue weighted by molar-refractivity contribution is 5.77. The van der Waals surface area contributed by atoms with Crippen LogP contribution < -0.4 is 11.1 Å². The van der Waals surface area contributed by atoms with E-state index in [0.717, 1.165) is 12.8 Å². The van der Waals surface area contributed by atoms with Crippen LogP contribution in [0.2, 0.25) is 0 Å². The number of hydrogen-bond acceptors (Lipinski definition) is 3. The van der Waals surface area contributed by atoms with Crippen molar-refractivity contribution >= 4 is 5.91 Å². The van der Waals surface area contributed by atoms with Gasteiger partial charge < -0.3 is 11.1 Å². The second-order valence-electron chi connectivity index (χ2n) is 5.51. The minimum Gasteiger partial charge on any atom is -0.355 e. The molecule has 1 saturated carbocycles. The van der Waals surface area contributed by atoms with Crippen molar-refractivity contribution in [3.63, 3.8) is 0 Å². The van der Waals surface area contributed by atoms with Crippen LogP contribution in [0.3, 0.4) is 0 Å². The SMILES string of the molecule is CC(C)(C#N)CNC(=O)CC1(CN)CCC1. The number of nitrogens with one attached hydrogen (secondary N) is 1. The number of carbonyl (C=O) groups is 1. The summed E-state index contributed by atoms with van der Waals surface area (Å²) in [5.74, 6) is 0.0217. The Morgan fingerprint density at radius 1 is 1.56 bits per heavy atom. The molecule has 1 fully saturated rings. The molecule has 0 bridgehead atoms. The molecule has 1 aliphatic carbocycles. The maximum atomic E-state index is 11.7. The molecule has 16 heavy (non-hydrogen) atoms. The van der Waals surface area contributed by atoms with Crippen molar-refractivity contribution < 1.29 is 4.79 Å². The fraction of sp³-hybridized carbons (Fsp3) is 0.833. The highest BCUT2D eigenvalue weighted by Gasteiger charge is 2.37. The number of nitrogens with zero attached hydrogens (tertiary/aromatic N) is 1. The lowest BCUT2D eigenvalue weighted by Crippen LogP contribution is -2.43. The Morgan fingerprint density at radius 3 is 2.56 bits per heavy atom. The molecule has 0 atom stereocenters. The highest BCUT2D eigenvalue weighted by Crippen LogP contribution is 2.42. The predicted molar refractivity (Wildman–Crippen MR) is 62.4 cm³/mol. The molecule has 1 aliphatic rings. The summed E-state index contributed by atoms with van der Waals surface area (Å²) < 4.78 is 0. The lowest BCUT2D eigenvalue weighted by atomic mass is 9.66. The van der Waals surface area contributed by atoms with Crippen molar-refractivity contribution in [1.29, 1.82) is 5.26 Å². The number of nitriles is 1. The van der Waals surface area contributed by atoms with Gasteiger partial charge in [0.15, 0.2) is 0 Å². The van der Waals surface area contributed by atoms with Gasteiger partial charge in [0, 0.05) is 13.0 Å². The van der Waals surface area contributed by atoms with E-state index in [1.165, 1.54) is 6.42 Å². The fourth-order valence-corrected chi connectivity index (χ4v) is 1.89. The van der Waals surface area contributed by atoms with E-state index in [9.17, 15) is 4.79 Å². The first-order valence-corrected chi connectivity index (χ1v) is 5.81. The van der Waals surface area contributed by atoms with E-state index in [1.54, 1.807) is 0 Å². The van der Waals surface area contributed by atoms with Gasteiger partial charge in [0.1, 0.15) is 0 Å². The van der Waals surface area contributed by atoms with Crippen LogP contribution in [0.1, 0.15) is 39.5 Å². The standard InChI is InChI=1S/C12H21N3O/c1-11(2,7-13)9-15-10(16)6-12(8-14)4-3-5-12/h3-6,8-9,14H2,1-2H3,(H,15,16). The summed E-state index contributed by atoms with van der Waals surface area (Å²) in [6.45, 7) is 4.62. The van der Waals surface area contributed by atoms with Crippen LogP contribution in [0.15, 0.2) is 0 Å². The van der Waals surface area contributed by atoms with Gasteiger partial charge in [-0.2, -0.15) is 5.26 Å². The average Bonchev–Trinajstić information content (AvgIpc) is 2.21. The molecule has 3 N–H and O–H groups in total.